The van der Waals surface area contributed by atoms with Gasteiger partial charge in [0.25, 0.3) is 0 Å². The maximum absolute atomic E-state index is 12.5. The van der Waals surface area contributed by atoms with Crippen molar-refractivity contribution in [3.05, 3.63) is 29.8 Å². The molecule has 0 aliphatic carbocycles. The Labute approximate surface area is 121 Å². The van der Waals surface area contributed by atoms with Gasteiger partial charge in [-0.25, -0.2) is 8.42 Å². The molecule has 1 fully saturated rings. The first-order valence-electron chi connectivity index (χ1n) is 6.45. The van der Waals surface area contributed by atoms with Gasteiger partial charge in [0.15, 0.2) is 0 Å². The maximum atomic E-state index is 12.5. The van der Waals surface area contributed by atoms with Gasteiger partial charge in [0.1, 0.15) is 0 Å². The second-order valence-corrected chi connectivity index (χ2v) is 6.78. The van der Waals surface area contributed by atoms with Gasteiger partial charge >= 0.3 is 6.18 Å². The van der Waals surface area contributed by atoms with Crippen molar-refractivity contribution >= 4 is 10.0 Å². The van der Waals surface area contributed by atoms with Crippen molar-refractivity contribution in [3.8, 4) is 0 Å². The largest absolute Gasteiger partial charge is 0.416 e. The summed E-state index contributed by atoms with van der Waals surface area (Å²) < 4.78 is 68.7. The van der Waals surface area contributed by atoms with Gasteiger partial charge in [-0.3, -0.25) is 0 Å². The summed E-state index contributed by atoms with van der Waals surface area (Å²) in [6.07, 6.45) is -3.07. The van der Waals surface area contributed by atoms with Gasteiger partial charge < -0.3 is 4.74 Å². The molecule has 0 aromatic heterocycles. The lowest BCUT2D eigenvalue weighted by Crippen LogP contribution is -2.38. The van der Waals surface area contributed by atoms with Crippen molar-refractivity contribution in [2.45, 2.75) is 30.0 Å². The Balaban J connectivity index is 2.27. The Kier molecular flexibility index (Phi) is 4.60. The van der Waals surface area contributed by atoms with Crippen LogP contribution in [0.5, 0.6) is 0 Å². The van der Waals surface area contributed by atoms with E-state index in [1.807, 2.05) is 0 Å². The second kappa shape index (κ2) is 5.94. The predicted molar refractivity (Wildman–Crippen MR) is 70.2 cm³/mol. The molecule has 4 nitrogen and oxygen atoms in total. The first-order valence-corrected chi connectivity index (χ1v) is 7.89. The monoisotopic (exact) mass is 323 g/mol. The highest BCUT2D eigenvalue weighted by atomic mass is 32.2. The standard InChI is InChI=1S/C13H16F3NO3S/c1-20-9-11-3-2-8-17(11)21(18,19)12-6-4-10(5-7-12)13(14,15)16/h4-7,11H,2-3,8-9H2,1H3. The third kappa shape index (κ3) is 3.38. The van der Waals surface area contributed by atoms with Gasteiger partial charge in [-0.15, -0.1) is 0 Å². The smallest absolute Gasteiger partial charge is 0.383 e. The third-order valence-corrected chi connectivity index (χ3v) is 5.44. The molecule has 0 saturated carbocycles. The van der Waals surface area contributed by atoms with Gasteiger partial charge in [0.2, 0.25) is 10.0 Å². The minimum Gasteiger partial charge on any atom is -0.383 e. The van der Waals surface area contributed by atoms with E-state index in [1.54, 1.807) is 0 Å². The molecular formula is C13H16F3NO3S. The number of ether oxygens (including phenoxy) is 1. The molecule has 2 rings (SSSR count). The van der Waals surface area contributed by atoms with Crippen LogP contribution >= 0.6 is 0 Å². The van der Waals surface area contributed by atoms with Crippen LogP contribution in [0.1, 0.15) is 18.4 Å². The molecule has 21 heavy (non-hydrogen) atoms. The Bertz CT molecular complexity index is 584. The molecule has 1 aliphatic heterocycles. The fourth-order valence-electron chi connectivity index (χ4n) is 2.44. The Morgan fingerprint density at radius 3 is 2.43 bits per heavy atom. The third-order valence-electron chi connectivity index (χ3n) is 3.47. The van der Waals surface area contributed by atoms with Gasteiger partial charge in [-0.2, -0.15) is 17.5 Å². The van der Waals surface area contributed by atoms with E-state index in [4.69, 9.17) is 4.74 Å². The first kappa shape index (κ1) is 16.3. The summed E-state index contributed by atoms with van der Waals surface area (Å²) in [5.74, 6) is 0. The van der Waals surface area contributed by atoms with E-state index >= 15 is 0 Å². The van der Waals surface area contributed by atoms with Crippen LogP contribution in [-0.2, 0) is 20.9 Å². The fourth-order valence-corrected chi connectivity index (χ4v) is 4.11. The molecule has 0 spiro atoms. The number of methoxy groups -OCH3 is 1. The van der Waals surface area contributed by atoms with Crippen LogP contribution in [0.2, 0.25) is 0 Å². The zero-order chi connectivity index (χ0) is 15.7. The van der Waals surface area contributed by atoms with Crippen molar-refractivity contribution in [2.75, 3.05) is 20.3 Å². The Morgan fingerprint density at radius 2 is 1.90 bits per heavy atom. The zero-order valence-corrected chi connectivity index (χ0v) is 12.2. The van der Waals surface area contributed by atoms with E-state index in [2.05, 4.69) is 0 Å². The van der Waals surface area contributed by atoms with Crippen LogP contribution in [0.25, 0.3) is 0 Å². The lowest BCUT2D eigenvalue weighted by Gasteiger charge is -2.23. The number of sulfonamides is 1. The van der Waals surface area contributed by atoms with Crippen molar-refractivity contribution in [3.63, 3.8) is 0 Å². The molecule has 8 heteroatoms. The first-order chi connectivity index (χ1) is 9.76. The van der Waals surface area contributed by atoms with Crippen molar-refractivity contribution in [2.24, 2.45) is 0 Å². The second-order valence-electron chi connectivity index (χ2n) is 4.89. The summed E-state index contributed by atoms with van der Waals surface area (Å²) in [6, 6.07) is 3.31. The lowest BCUT2D eigenvalue weighted by molar-refractivity contribution is -0.137. The normalized spacial score (nSPS) is 20.9. The highest BCUT2D eigenvalue weighted by Crippen LogP contribution is 2.31. The van der Waals surface area contributed by atoms with Crippen LogP contribution in [0.4, 0.5) is 13.2 Å². The molecular weight excluding hydrogens is 307 g/mol. The highest BCUT2D eigenvalue weighted by Gasteiger charge is 2.36. The van der Waals surface area contributed by atoms with Gasteiger partial charge in [0, 0.05) is 19.7 Å². The van der Waals surface area contributed by atoms with Crippen molar-refractivity contribution < 1.29 is 26.3 Å². The van der Waals surface area contributed by atoms with Crippen LogP contribution in [0.3, 0.4) is 0 Å². The van der Waals surface area contributed by atoms with E-state index in [9.17, 15) is 21.6 Å². The number of halogens is 3. The molecule has 1 unspecified atom stereocenters. The van der Waals surface area contributed by atoms with E-state index < -0.39 is 21.8 Å². The van der Waals surface area contributed by atoms with E-state index in [1.165, 1.54) is 11.4 Å². The van der Waals surface area contributed by atoms with Crippen LogP contribution in [-0.4, -0.2) is 39.0 Å². The molecule has 1 heterocycles. The number of rotatable bonds is 4. The summed E-state index contributed by atoms with van der Waals surface area (Å²) in [4.78, 5) is -0.126. The summed E-state index contributed by atoms with van der Waals surface area (Å²) in [7, 11) is -2.30. The van der Waals surface area contributed by atoms with Gasteiger partial charge in [-0.05, 0) is 37.1 Å². The lowest BCUT2D eigenvalue weighted by atomic mass is 10.2. The summed E-state index contributed by atoms with van der Waals surface area (Å²) in [6.45, 7) is 0.636. The maximum Gasteiger partial charge on any atom is 0.416 e. The molecule has 0 N–H and O–H groups in total. The summed E-state index contributed by atoms with van der Waals surface area (Å²) in [5.41, 5.74) is -0.865. The SMILES string of the molecule is COCC1CCCN1S(=O)(=O)c1ccc(C(F)(F)F)cc1. The van der Waals surface area contributed by atoms with Gasteiger partial charge in [-0.1, -0.05) is 0 Å². The molecule has 1 aromatic carbocycles. The molecule has 0 amide bonds. The van der Waals surface area contributed by atoms with E-state index in [-0.39, 0.29) is 17.5 Å². The molecule has 1 aromatic rings. The number of alkyl halides is 3. The molecule has 1 saturated heterocycles. The topological polar surface area (TPSA) is 46.6 Å². The molecule has 118 valence electrons. The Hall–Kier alpha value is -1.12. The minimum atomic E-state index is -4.48. The molecule has 0 radical (unpaired) electrons. The van der Waals surface area contributed by atoms with Crippen molar-refractivity contribution in [1.82, 2.24) is 4.31 Å². The summed E-state index contributed by atoms with van der Waals surface area (Å²) in [5, 5.41) is 0. The summed E-state index contributed by atoms with van der Waals surface area (Å²) >= 11 is 0. The Morgan fingerprint density at radius 1 is 1.29 bits per heavy atom. The van der Waals surface area contributed by atoms with E-state index in [0.717, 1.165) is 24.3 Å². The fraction of sp³-hybridized carbons (Fsp3) is 0.538. The number of hydrogen-bond donors (Lipinski definition) is 0. The zero-order valence-electron chi connectivity index (χ0n) is 11.4. The number of nitrogens with zero attached hydrogens (tertiary/aromatic N) is 1. The van der Waals surface area contributed by atoms with Crippen LogP contribution in [0, 0.1) is 0 Å². The number of hydrogen-bond acceptors (Lipinski definition) is 3. The van der Waals surface area contributed by atoms with E-state index in [0.29, 0.717) is 19.4 Å². The molecule has 1 atom stereocenters. The minimum absolute atomic E-state index is 0.126. The average Bonchev–Trinajstić information content (AvgIpc) is 2.87. The number of benzene rings is 1. The molecule has 0 bridgehead atoms. The van der Waals surface area contributed by atoms with Gasteiger partial charge in [0.05, 0.1) is 17.1 Å². The quantitative estimate of drug-likeness (QED) is 0.855. The highest BCUT2D eigenvalue weighted by molar-refractivity contribution is 7.89. The van der Waals surface area contributed by atoms with Crippen molar-refractivity contribution in [1.29, 1.82) is 0 Å². The average molecular weight is 323 g/mol. The van der Waals surface area contributed by atoms with Crippen LogP contribution in [0.15, 0.2) is 29.2 Å². The molecule has 1 aliphatic rings. The van der Waals surface area contributed by atoms with Crippen LogP contribution < -0.4 is 0 Å². The predicted octanol–water partition coefficient (Wildman–Crippen LogP) is 2.50.